The molecule has 0 bridgehead atoms. The Kier molecular flexibility index (Phi) is 2.31. The van der Waals surface area contributed by atoms with Gasteiger partial charge in [0.15, 0.2) is 0 Å². The SMILES string of the molecule is CC1=CCC(C)C(C(F)(F)F)=C1. The van der Waals surface area contributed by atoms with E-state index in [1.54, 1.807) is 13.8 Å². The third-order valence-corrected chi connectivity index (χ3v) is 2.03. The van der Waals surface area contributed by atoms with E-state index in [-0.39, 0.29) is 0 Å². The molecule has 0 radical (unpaired) electrons. The Morgan fingerprint density at radius 3 is 2.42 bits per heavy atom. The molecule has 1 aliphatic carbocycles. The summed E-state index contributed by atoms with van der Waals surface area (Å²) in [5, 5.41) is 0. The van der Waals surface area contributed by atoms with Gasteiger partial charge >= 0.3 is 6.18 Å². The number of alkyl halides is 3. The molecule has 0 spiro atoms. The second-order valence-corrected chi connectivity index (χ2v) is 3.18. The normalized spacial score (nSPS) is 24.9. The smallest absolute Gasteiger partial charge is 0.166 e. The van der Waals surface area contributed by atoms with E-state index in [0.717, 1.165) is 0 Å². The highest BCUT2D eigenvalue weighted by molar-refractivity contribution is 5.30. The minimum Gasteiger partial charge on any atom is -0.166 e. The highest BCUT2D eigenvalue weighted by atomic mass is 19.4. The maximum Gasteiger partial charge on any atom is 0.412 e. The van der Waals surface area contributed by atoms with E-state index >= 15 is 0 Å². The summed E-state index contributed by atoms with van der Waals surface area (Å²) >= 11 is 0. The standard InChI is InChI=1S/C9H11F3/c1-6-3-4-7(2)8(5-6)9(10,11)12/h3,5,7H,4H2,1-2H3. The molecule has 1 rings (SSSR count). The van der Waals surface area contributed by atoms with Crippen LogP contribution in [0.4, 0.5) is 13.2 Å². The van der Waals surface area contributed by atoms with Gasteiger partial charge in [-0.05, 0) is 19.3 Å². The van der Waals surface area contributed by atoms with Crippen molar-refractivity contribution in [2.24, 2.45) is 5.92 Å². The van der Waals surface area contributed by atoms with Gasteiger partial charge in [-0.3, -0.25) is 0 Å². The van der Waals surface area contributed by atoms with Gasteiger partial charge < -0.3 is 0 Å². The molecule has 3 heteroatoms. The van der Waals surface area contributed by atoms with E-state index in [0.29, 0.717) is 12.0 Å². The number of rotatable bonds is 0. The molecule has 0 saturated heterocycles. The van der Waals surface area contributed by atoms with Crippen LogP contribution in [-0.2, 0) is 0 Å². The molecule has 0 fully saturated rings. The van der Waals surface area contributed by atoms with Gasteiger partial charge in [-0.1, -0.05) is 24.6 Å². The average Bonchev–Trinajstić information content (AvgIpc) is 1.92. The fourth-order valence-corrected chi connectivity index (χ4v) is 1.30. The summed E-state index contributed by atoms with van der Waals surface area (Å²) in [7, 11) is 0. The zero-order chi connectivity index (χ0) is 9.35. The monoisotopic (exact) mass is 176 g/mol. The first-order valence-electron chi connectivity index (χ1n) is 3.87. The van der Waals surface area contributed by atoms with Crippen molar-refractivity contribution in [3.05, 3.63) is 23.3 Å². The zero-order valence-electron chi connectivity index (χ0n) is 7.07. The van der Waals surface area contributed by atoms with Crippen LogP contribution in [-0.4, -0.2) is 6.18 Å². The van der Waals surface area contributed by atoms with E-state index < -0.39 is 17.7 Å². The lowest BCUT2D eigenvalue weighted by Crippen LogP contribution is -2.19. The Morgan fingerprint density at radius 2 is 2.00 bits per heavy atom. The van der Waals surface area contributed by atoms with Crippen LogP contribution in [0.3, 0.4) is 0 Å². The first-order valence-corrected chi connectivity index (χ1v) is 3.87. The van der Waals surface area contributed by atoms with Gasteiger partial charge in [-0.2, -0.15) is 13.2 Å². The number of allylic oxidation sites excluding steroid dienone is 4. The lowest BCUT2D eigenvalue weighted by molar-refractivity contribution is -0.0985. The quantitative estimate of drug-likeness (QED) is 0.530. The van der Waals surface area contributed by atoms with Crippen molar-refractivity contribution in [1.29, 1.82) is 0 Å². The van der Waals surface area contributed by atoms with E-state index in [1.165, 1.54) is 6.08 Å². The summed E-state index contributed by atoms with van der Waals surface area (Å²) < 4.78 is 36.8. The molecule has 0 nitrogen and oxygen atoms in total. The number of hydrogen-bond donors (Lipinski definition) is 0. The summed E-state index contributed by atoms with van der Waals surface area (Å²) in [5.41, 5.74) is 0.308. The molecule has 0 aromatic rings. The molecule has 12 heavy (non-hydrogen) atoms. The predicted octanol–water partition coefficient (Wildman–Crippen LogP) is 3.46. The Morgan fingerprint density at radius 1 is 1.42 bits per heavy atom. The van der Waals surface area contributed by atoms with Gasteiger partial charge in [0.25, 0.3) is 0 Å². The van der Waals surface area contributed by atoms with Crippen LogP contribution in [0.15, 0.2) is 23.3 Å². The van der Waals surface area contributed by atoms with E-state index in [1.807, 2.05) is 6.08 Å². The third kappa shape index (κ3) is 1.90. The van der Waals surface area contributed by atoms with Gasteiger partial charge in [-0.15, -0.1) is 0 Å². The molecule has 0 amide bonds. The molecular weight excluding hydrogens is 165 g/mol. The summed E-state index contributed by atoms with van der Waals surface area (Å²) in [6.07, 6.45) is -0.597. The van der Waals surface area contributed by atoms with Gasteiger partial charge in [0.1, 0.15) is 0 Å². The molecule has 0 saturated carbocycles. The topological polar surface area (TPSA) is 0 Å². The van der Waals surface area contributed by atoms with Crippen molar-refractivity contribution in [1.82, 2.24) is 0 Å². The minimum absolute atomic E-state index is 0.395. The Bertz CT molecular complexity index is 233. The fraction of sp³-hybridized carbons (Fsp3) is 0.556. The molecule has 68 valence electrons. The van der Waals surface area contributed by atoms with Crippen LogP contribution in [0.5, 0.6) is 0 Å². The highest BCUT2D eigenvalue weighted by Gasteiger charge is 2.37. The van der Waals surface area contributed by atoms with Crippen molar-refractivity contribution in [2.45, 2.75) is 26.4 Å². The van der Waals surface area contributed by atoms with Crippen LogP contribution in [0.25, 0.3) is 0 Å². The van der Waals surface area contributed by atoms with E-state index in [4.69, 9.17) is 0 Å². The Hall–Kier alpha value is -0.730. The van der Waals surface area contributed by atoms with Gasteiger partial charge in [0, 0.05) is 5.57 Å². The van der Waals surface area contributed by atoms with Crippen LogP contribution < -0.4 is 0 Å². The maximum atomic E-state index is 12.3. The molecular formula is C9H11F3. The molecule has 1 unspecified atom stereocenters. The lowest BCUT2D eigenvalue weighted by Gasteiger charge is -2.21. The molecule has 0 aromatic heterocycles. The van der Waals surface area contributed by atoms with Crippen molar-refractivity contribution in [2.75, 3.05) is 0 Å². The van der Waals surface area contributed by atoms with Crippen LogP contribution in [0.1, 0.15) is 20.3 Å². The Balaban J connectivity index is 2.94. The van der Waals surface area contributed by atoms with Crippen LogP contribution in [0, 0.1) is 5.92 Å². The highest BCUT2D eigenvalue weighted by Crippen LogP contribution is 2.36. The van der Waals surface area contributed by atoms with Gasteiger partial charge in [-0.25, -0.2) is 0 Å². The molecule has 0 N–H and O–H groups in total. The van der Waals surface area contributed by atoms with Gasteiger partial charge in [0.2, 0.25) is 0 Å². The second-order valence-electron chi connectivity index (χ2n) is 3.18. The van der Waals surface area contributed by atoms with Crippen LogP contribution >= 0.6 is 0 Å². The molecule has 0 heterocycles. The second kappa shape index (κ2) is 2.96. The molecule has 1 atom stereocenters. The summed E-state index contributed by atoms with van der Waals surface area (Å²) in [4.78, 5) is 0. The molecule has 1 aliphatic rings. The van der Waals surface area contributed by atoms with Gasteiger partial charge in [0.05, 0.1) is 0 Å². The van der Waals surface area contributed by atoms with E-state index in [2.05, 4.69) is 0 Å². The van der Waals surface area contributed by atoms with Crippen molar-refractivity contribution in [3.63, 3.8) is 0 Å². The summed E-state index contributed by atoms with van der Waals surface area (Å²) in [6, 6.07) is 0. The largest absolute Gasteiger partial charge is 0.412 e. The molecule has 0 aromatic carbocycles. The first kappa shape index (κ1) is 9.36. The average molecular weight is 176 g/mol. The first-order chi connectivity index (χ1) is 5.41. The predicted molar refractivity (Wildman–Crippen MR) is 41.7 cm³/mol. The van der Waals surface area contributed by atoms with Crippen molar-refractivity contribution < 1.29 is 13.2 Å². The molecule has 0 aliphatic heterocycles. The lowest BCUT2D eigenvalue weighted by atomic mass is 9.90. The Labute approximate surface area is 69.8 Å². The van der Waals surface area contributed by atoms with Crippen LogP contribution in [0.2, 0.25) is 0 Å². The number of hydrogen-bond acceptors (Lipinski definition) is 0. The zero-order valence-corrected chi connectivity index (χ0v) is 7.07. The summed E-state index contributed by atoms with van der Waals surface area (Å²) in [5.74, 6) is -0.395. The third-order valence-electron chi connectivity index (χ3n) is 2.03. The number of halogens is 3. The minimum atomic E-state index is -4.16. The summed E-state index contributed by atoms with van der Waals surface area (Å²) in [6.45, 7) is 3.29. The fourth-order valence-electron chi connectivity index (χ4n) is 1.30. The maximum absolute atomic E-state index is 12.3. The van der Waals surface area contributed by atoms with Crippen molar-refractivity contribution >= 4 is 0 Å². The van der Waals surface area contributed by atoms with E-state index in [9.17, 15) is 13.2 Å². The van der Waals surface area contributed by atoms with Crippen molar-refractivity contribution in [3.8, 4) is 0 Å².